The summed E-state index contributed by atoms with van der Waals surface area (Å²) in [6, 6.07) is 1.86. The third-order valence-corrected chi connectivity index (χ3v) is 3.89. The molecular formula is C16H24N2O3. The van der Waals surface area contributed by atoms with Crippen LogP contribution in [-0.4, -0.2) is 30.2 Å². The third-order valence-electron chi connectivity index (χ3n) is 3.89. The summed E-state index contributed by atoms with van der Waals surface area (Å²) < 4.78 is 11.0. The number of rotatable bonds is 7. The number of aromatic nitrogens is 1. The fraction of sp³-hybridized carbons (Fsp3) is 0.625. The number of amides is 1. The van der Waals surface area contributed by atoms with Crippen molar-refractivity contribution in [2.75, 3.05) is 19.0 Å². The number of aryl methyl sites for hydroxylation is 1. The van der Waals surface area contributed by atoms with Gasteiger partial charge < -0.3 is 14.8 Å². The van der Waals surface area contributed by atoms with Crippen molar-refractivity contribution < 1.29 is 14.3 Å². The van der Waals surface area contributed by atoms with E-state index in [4.69, 9.17) is 9.47 Å². The Morgan fingerprint density at radius 2 is 2.24 bits per heavy atom. The molecule has 0 aliphatic heterocycles. The highest BCUT2D eigenvalue weighted by atomic mass is 16.5. The van der Waals surface area contributed by atoms with E-state index in [1.807, 2.05) is 26.8 Å². The lowest BCUT2D eigenvalue weighted by Crippen LogP contribution is -2.45. The van der Waals surface area contributed by atoms with Crippen LogP contribution < -0.4 is 10.1 Å². The van der Waals surface area contributed by atoms with Gasteiger partial charge in [-0.25, -0.2) is 4.98 Å². The van der Waals surface area contributed by atoms with E-state index in [1.165, 1.54) is 0 Å². The van der Waals surface area contributed by atoms with E-state index in [9.17, 15) is 4.79 Å². The Bertz CT molecular complexity index is 514. The maximum absolute atomic E-state index is 12.6. The topological polar surface area (TPSA) is 60.5 Å². The van der Waals surface area contributed by atoms with Crippen LogP contribution in [0.2, 0.25) is 0 Å². The van der Waals surface area contributed by atoms with Gasteiger partial charge in [-0.2, -0.15) is 0 Å². The molecule has 1 amide bonds. The molecule has 2 rings (SSSR count). The molecule has 21 heavy (non-hydrogen) atoms. The predicted octanol–water partition coefficient (Wildman–Crippen LogP) is 2.93. The van der Waals surface area contributed by atoms with E-state index in [-0.39, 0.29) is 5.91 Å². The van der Waals surface area contributed by atoms with Gasteiger partial charge in [-0.05, 0) is 45.1 Å². The Hall–Kier alpha value is -1.62. The highest BCUT2D eigenvalue weighted by Crippen LogP contribution is 2.42. The minimum absolute atomic E-state index is 0.0928. The molecule has 1 fully saturated rings. The van der Waals surface area contributed by atoms with E-state index in [2.05, 4.69) is 10.3 Å². The van der Waals surface area contributed by atoms with Crippen molar-refractivity contribution >= 4 is 11.6 Å². The largest absolute Gasteiger partial charge is 0.481 e. The summed E-state index contributed by atoms with van der Waals surface area (Å²) in [5.41, 5.74) is 0.812. The van der Waals surface area contributed by atoms with Crippen LogP contribution in [-0.2, 0) is 9.53 Å². The zero-order chi connectivity index (χ0) is 15.5. The molecule has 0 spiro atoms. The molecule has 1 aromatic heterocycles. The first-order valence-corrected chi connectivity index (χ1v) is 7.47. The quantitative estimate of drug-likeness (QED) is 0.839. The van der Waals surface area contributed by atoms with E-state index in [0.29, 0.717) is 24.1 Å². The second-order valence-corrected chi connectivity index (χ2v) is 5.73. The molecule has 116 valence electrons. The summed E-state index contributed by atoms with van der Waals surface area (Å²) >= 11 is 0. The smallest absolute Gasteiger partial charge is 0.256 e. The minimum atomic E-state index is -0.746. The van der Waals surface area contributed by atoms with Gasteiger partial charge in [0.1, 0.15) is 5.60 Å². The fourth-order valence-electron chi connectivity index (χ4n) is 2.42. The molecule has 0 unspecified atom stereocenters. The molecule has 1 N–H and O–H groups in total. The second-order valence-electron chi connectivity index (χ2n) is 5.73. The van der Waals surface area contributed by atoms with Gasteiger partial charge in [-0.3, -0.25) is 4.79 Å². The first kappa shape index (κ1) is 15.8. The molecule has 0 bridgehead atoms. The second kappa shape index (κ2) is 6.43. The average Bonchev–Trinajstić information content (AvgIpc) is 3.29. The Balaban J connectivity index is 2.09. The average molecular weight is 292 g/mol. The summed E-state index contributed by atoms with van der Waals surface area (Å²) in [5, 5.41) is 2.92. The van der Waals surface area contributed by atoms with Gasteiger partial charge in [0, 0.05) is 12.2 Å². The maximum atomic E-state index is 12.6. The molecule has 0 saturated heterocycles. The van der Waals surface area contributed by atoms with Crippen LogP contribution in [0, 0.1) is 12.8 Å². The van der Waals surface area contributed by atoms with Gasteiger partial charge in [0.2, 0.25) is 5.88 Å². The van der Waals surface area contributed by atoms with Crippen molar-refractivity contribution in [2.45, 2.75) is 45.6 Å². The van der Waals surface area contributed by atoms with Crippen molar-refractivity contribution in [3.8, 4) is 5.88 Å². The molecular weight excluding hydrogens is 268 g/mol. The van der Waals surface area contributed by atoms with Gasteiger partial charge in [0.05, 0.1) is 19.0 Å². The normalized spacial score (nSPS) is 17.1. The molecule has 1 aromatic rings. The Morgan fingerprint density at radius 1 is 1.52 bits per heavy atom. The number of carbonyl (C=O) groups excluding carboxylic acids is 1. The number of carbonyl (C=O) groups is 1. The monoisotopic (exact) mass is 292 g/mol. The molecule has 1 saturated carbocycles. The Labute approximate surface area is 126 Å². The summed E-state index contributed by atoms with van der Waals surface area (Å²) in [6.45, 7) is 6.43. The third kappa shape index (κ3) is 3.53. The zero-order valence-corrected chi connectivity index (χ0v) is 13.2. The van der Waals surface area contributed by atoms with E-state index in [1.54, 1.807) is 13.3 Å². The van der Waals surface area contributed by atoms with Crippen molar-refractivity contribution in [1.29, 1.82) is 0 Å². The molecule has 1 aliphatic rings. The van der Waals surface area contributed by atoms with Gasteiger partial charge in [0.15, 0.2) is 0 Å². The predicted molar refractivity (Wildman–Crippen MR) is 81.5 cm³/mol. The van der Waals surface area contributed by atoms with Crippen LogP contribution >= 0.6 is 0 Å². The Morgan fingerprint density at radius 3 is 2.76 bits per heavy atom. The molecule has 0 radical (unpaired) electrons. The zero-order valence-electron chi connectivity index (χ0n) is 13.2. The van der Waals surface area contributed by atoms with Crippen molar-refractivity contribution in [1.82, 2.24) is 4.98 Å². The van der Waals surface area contributed by atoms with Crippen molar-refractivity contribution in [2.24, 2.45) is 5.92 Å². The number of hydrogen-bond acceptors (Lipinski definition) is 4. The standard InChI is InChI=1S/C16H24N2O3/c1-5-8-21-16(3,12-6-7-12)15(19)18-13-9-11(2)14(20-4)17-10-13/h9-10,12H,5-8H2,1-4H3,(H,18,19)/t16-/m1/s1. The number of methoxy groups -OCH3 is 1. The molecule has 5 heteroatoms. The van der Waals surface area contributed by atoms with Crippen LogP contribution in [0.5, 0.6) is 5.88 Å². The van der Waals surface area contributed by atoms with Crippen LogP contribution in [0.15, 0.2) is 12.3 Å². The highest BCUT2D eigenvalue weighted by molar-refractivity contribution is 5.97. The van der Waals surface area contributed by atoms with Crippen LogP contribution in [0.3, 0.4) is 0 Å². The fourth-order valence-corrected chi connectivity index (χ4v) is 2.42. The number of nitrogens with zero attached hydrogens (tertiary/aromatic N) is 1. The summed E-state index contributed by atoms with van der Waals surface area (Å²) in [5.74, 6) is 0.793. The molecule has 5 nitrogen and oxygen atoms in total. The Kier molecular flexibility index (Phi) is 4.83. The van der Waals surface area contributed by atoms with Gasteiger partial charge in [-0.15, -0.1) is 0 Å². The van der Waals surface area contributed by atoms with Crippen molar-refractivity contribution in [3.05, 3.63) is 17.8 Å². The summed E-state index contributed by atoms with van der Waals surface area (Å²) in [6.07, 6.45) is 4.61. The lowest BCUT2D eigenvalue weighted by molar-refractivity contribution is -0.142. The van der Waals surface area contributed by atoms with Crippen LogP contribution in [0.25, 0.3) is 0 Å². The number of ether oxygens (including phenoxy) is 2. The minimum Gasteiger partial charge on any atom is -0.481 e. The first-order valence-electron chi connectivity index (χ1n) is 7.47. The molecule has 1 aliphatic carbocycles. The van der Waals surface area contributed by atoms with Crippen LogP contribution in [0.1, 0.15) is 38.7 Å². The number of nitrogens with one attached hydrogen (secondary N) is 1. The van der Waals surface area contributed by atoms with Crippen molar-refractivity contribution in [3.63, 3.8) is 0 Å². The van der Waals surface area contributed by atoms with Crippen LogP contribution in [0.4, 0.5) is 5.69 Å². The first-order chi connectivity index (χ1) is 10.0. The number of hydrogen-bond donors (Lipinski definition) is 1. The van der Waals surface area contributed by atoms with E-state index < -0.39 is 5.60 Å². The number of pyridine rings is 1. The van der Waals surface area contributed by atoms with Gasteiger partial charge in [0.25, 0.3) is 5.91 Å². The molecule has 1 atom stereocenters. The molecule has 0 aromatic carbocycles. The van der Waals surface area contributed by atoms with Gasteiger partial charge >= 0.3 is 0 Å². The maximum Gasteiger partial charge on any atom is 0.256 e. The lowest BCUT2D eigenvalue weighted by atomic mass is 9.98. The summed E-state index contributed by atoms with van der Waals surface area (Å²) in [4.78, 5) is 16.8. The van der Waals surface area contributed by atoms with Gasteiger partial charge in [-0.1, -0.05) is 6.92 Å². The summed E-state index contributed by atoms with van der Waals surface area (Å²) in [7, 11) is 1.58. The lowest BCUT2D eigenvalue weighted by Gasteiger charge is -2.28. The van der Waals surface area contributed by atoms with E-state index >= 15 is 0 Å². The number of anilines is 1. The molecule has 1 heterocycles. The SMILES string of the molecule is CCCO[C@@](C)(C(=O)Nc1cnc(OC)c(C)c1)C1CC1. The van der Waals surface area contributed by atoms with E-state index in [0.717, 1.165) is 24.8 Å². The highest BCUT2D eigenvalue weighted by Gasteiger charge is 2.48.